The van der Waals surface area contributed by atoms with Crippen molar-refractivity contribution < 1.29 is 22.8 Å². The van der Waals surface area contributed by atoms with Gasteiger partial charge in [0, 0.05) is 31.1 Å². The molecule has 4 nitrogen and oxygen atoms in total. The first-order valence-corrected chi connectivity index (χ1v) is 11.0. The smallest absolute Gasteiger partial charge is 0.356 e. The second kappa shape index (κ2) is 9.65. The van der Waals surface area contributed by atoms with E-state index < -0.39 is 11.7 Å². The quantitative estimate of drug-likeness (QED) is 0.585. The maximum Gasteiger partial charge on any atom is 0.416 e. The second-order valence-corrected chi connectivity index (χ2v) is 8.33. The van der Waals surface area contributed by atoms with E-state index in [0.29, 0.717) is 44.5 Å². The number of rotatable bonds is 5. The fourth-order valence-corrected chi connectivity index (χ4v) is 4.26. The summed E-state index contributed by atoms with van der Waals surface area (Å²) in [6, 6.07) is 18.5. The molecule has 0 spiro atoms. The number of halogens is 3. The third-order valence-corrected chi connectivity index (χ3v) is 6.17. The molecule has 0 aliphatic carbocycles. The molecule has 4 rings (SSSR count). The first-order valence-electron chi connectivity index (χ1n) is 11.0. The zero-order chi connectivity index (χ0) is 23.4. The minimum atomic E-state index is -4.35. The third kappa shape index (κ3) is 5.35. The molecule has 0 saturated carbocycles. The Morgan fingerprint density at radius 2 is 1.58 bits per heavy atom. The minimum absolute atomic E-state index is 0.0204. The monoisotopic (exact) mass is 454 g/mol. The van der Waals surface area contributed by atoms with Gasteiger partial charge in [0.1, 0.15) is 0 Å². The molecule has 0 atom stereocenters. The summed E-state index contributed by atoms with van der Waals surface area (Å²) in [6.45, 7) is 1.39. The van der Waals surface area contributed by atoms with Gasteiger partial charge in [0.15, 0.2) is 0 Å². The van der Waals surface area contributed by atoms with E-state index in [0.717, 1.165) is 28.5 Å². The molecule has 0 bridgehead atoms. The lowest BCUT2D eigenvalue weighted by molar-refractivity contribution is -0.137. The molecule has 0 unspecified atom stereocenters. The van der Waals surface area contributed by atoms with Crippen LogP contribution < -0.4 is 5.32 Å². The summed E-state index contributed by atoms with van der Waals surface area (Å²) in [5.74, 6) is -0.263. The summed E-state index contributed by atoms with van der Waals surface area (Å²) >= 11 is 0. The Hall–Kier alpha value is -3.35. The van der Waals surface area contributed by atoms with Crippen LogP contribution in [0.25, 0.3) is 10.8 Å². The Kier molecular flexibility index (Phi) is 6.67. The number of carbonyl (C=O) groups is 2. The molecule has 1 heterocycles. The van der Waals surface area contributed by atoms with Crippen LogP contribution in [0.4, 0.5) is 13.2 Å². The summed E-state index contributed by atoms with van der Waals surface area (Å²) in [6.07, 6.45) is -2.72. The number of benzene rings is 3. The van der Waals surface area contributed by atoms with Crippen LogP contribution in [0.5, 0.6) is 0 Å². The maximum atomic E-state index is 13.1. The van der Waals surface area contributed by atoms with Crippen LogP contribution in [-0.2, 0) is 17.4 Å². The molecule has 1 aliphatic rings. The van der Waals surface area contributed by atoms with Crippen molar-refractivity contribution in [1.29, 1.82) is 0 Å². The highest BCUT2D eigenvalue weighted by molar-refractivity contribution is 6.07. The van der Waals surface area contributed by atoms with Gasteiger partial charge in [-0.05, 0) is 53.8 Å². The molecule has 1 N–H and O–H groups in total. The Morgan fingerprint density at radius 3 is 2.27 bits per heavy atom. The average Bonchev–Trinajstić information content (AvgIpc) is 2.83. The van der Waals surface area contributed by atoms with Crippen LogP contribution in [0.15, 0.2) is 66.7 Å². The van der Waals surface area contributed by atoms with Gasteiger partial charge in [-0.3, -0.25) is 9.59 Å². The van der Waals surface area contributed by atoms with Gasteiger partial charge >= 0.3 is 6.18 Å². The van der Waals surface area contributed by atoms with Crippen LogP contribution in [0, 0.1) is 5.92 Å². The highest BCUT2D eigenvalue weighted by Crippen LogP contribution is 2.29. The molecule has 2 amide bonds. The fourth-order valence-electron chi connectivity index (χ4n) is 4.26. The van der Waals surface area contributed by atoms with Gasteiger partial charge in [-0.1, -0.05) is 48.5 Å². The summed E-state index contributed by atoms with van der Waals surface area (Å²) in [5.41, 5.74) is 0.728. The minimum Gasteiger partial charge on any atom is -0.356 e. The number of amides is 2. The van der Waals surface area contributed by atoms with Crippen LogP contribution in [0.1, 0.15) is 34.3 Å². The highest BCUT2D eigenvalue weighted by Gasteiger charge is 2.30. The van der Waals surface area contributed by atoms with Crippen molar-refractivity contribution in [2.24, 2.45) is 5.92 Å². The lowest BCUT2D eigenvalue weighted by Crippen LogP contribution is -2.43. The first kappa shape index (κ1) is 22.8. The Bertz CT molecular complexity index is 1130. The molecule has 1 aliphatic heterocycles. The number of nitrogens with one attached hydrogen (secondary N) is 1. The predicted octanol–water partition coefficient (Wildman–Crippen LogP) is 5.07. The van der Waals surface area contributed by atoms with Gasteiger partial charge < -0.3 is 10.2 Å². The van der Waals surface area contributed by atoms with E-state index in [9.17, 15) is 22.8 Å². The number of carbonyl (C=O) groups excluding carboxylic acids is 2. The van der Waals surface area contributed by atoms with Crippen LogP contribution >= 0.6 is 0 Å². The molecule has 1 fully saturated rings. The third-order valence-electron chi connectivity index (χ3n) is 6.17. The summed E-state index contributed by atoms with van der Waals surface area (Å²) < 4.78 is 37.9. The average molecular weight is 454 g/mol. The molecule has 3 aromatic rings. The summed E-state index contributed by atoms with van der Waals surface area (Å²) in [5, 5.41) is 4.82. The van der Waals surface area contributed by atoms with E-state index in [1.807, 2.05) is 42.5 Å². The van der Waals surface area contributed by atoms with Crippen LogP contribution in [0.3, 0.4) is 0 Å². The molecule has 7 heteroatoms. The Balaban J connectivity index is 1.26. The normalized spacial score (nSPS) is 14.9. The van der Waals surface area contributed by atoms with Gasteiger partial charge in [0.2, 0.25) is 5.91 Å². The topological polar surface area (TPSA) is 49.4 Å². The Morgan fingerprint density at radius 1 is 0.909 bits per heavy atom. The van der Waals surface area contributed by atoms with Crippen molar-refractivity contribution in [2.75, 3.05) is 19.6 Å². The van der Waals surface area contributed by atoms with Crippen molar-refractivity contribution >= 4 is 22.6 Å². The zero-order valence-corrected chi connectivity index (χ0v) is 18.1. The molecule has 33 heavy (non-hydrogen) atoms. The van der Waals surface area contributed by atoms with Crippen molar-refractivity contribution in [3.8, 4) is 0 Å². The van der Waals surface area contributed by atoms with Crippen molar-refractivity contribution in [3.63, 3.8) is 0 Å². The number of fused-ring (bicyclic) bond motifs is 1. The number of hydrogen-bond donors (Lipinski definition) is 1. The number of alkyl halides is 3. The molecule has 1 saturated heterocycles. The van der Waals surface area contributed by atoms with E-state index >= 15 is 0 Å². The number of hydrogen-bond acceptors (Lipinski definition) is 2. The second-order valence-electron chi connectivity index (χ2n) is 8.33. The number of piperidine rings is 1. The largest absolute Gasteiger partial charge is 0.416 e. The molecular weight excluding hydrogens is 429 g/mol. The summed E-state index contributed by atoms with van der Waals surface area (Å²) in [4.78, 5) is 27.4. The highest BCUT2D eigenvalue weighted by atomic mass is 19.4. The SMILES string of the molecule is O=C(NCCc1ccc(C(F)(F)F)cc1)C1CCN(C(=O)c2cccc3ccccc23)CC1. The van der Waals surface area contributed by atoms with Crippen molar-refractivity contribution in [1.82, 2.24) is 10.2 Å². The Labute approximate surface area is 190 Å². The maximum absolute atomic E-state index is 13.1. The molecule has 172 valence electrons. The van der Waals surface area contributed by atoms with E-state index in [-0.39, 0.29) is 17.7 Å². The van der Waals surface area contributed by atoms with E-state index in [1.54, 1.807) is 4.90 Å². The zero-order valence-electron chi connectivity index (χ0n) is 18.1. The van der Waals surface area contributed by atoms with E-state index in [2.05, 4.69) is 5.32 Å². The van der Waals surface area contributed by atoms with Gasteiger partial charge in [0.25, 0.3) is 5.91 Å². The van der Waals surface area contributed by atoms with Gasteiger partial charge in [-0.25, -0.2) is 0 Å². The molecule has 3 aromatic carbocycles. The first-order chi connectivity index (χ1) is 15.8. The molecule has 0 aromatic heterocycles. The van der Waals surface area contributed by atoms with Crippen molar-refractivity contribution in [2.45, 2.75) is 25.4 Å². The van der Waals surface area contributed by atoms with Gasteiger partial charge in [0.05, 0.1) is 5.56 Å². The van der Waals surface area contributed by atoms with E-state index in [1.165, 1.54) is 12.1 Å². The predicted molar refractivity (Wildman–Crippen MR) is 121 cm³/mol. The van der Waals surface area contributed by atoms with Crippen molar-refractivity contribution in [3.05, 3.63) is 83.4 Å². The van der Waals surface area contributed by atoms with Gasteiger partial charge in [-0.2, -0.15) is 13.2 Å². The molecule has 0 radical (unpaired) electrons. The summed E-state index contributed by atoms with van der Waals surface area (Å²) in [7, 11) is 0. The number of nitrogens with zero attached hydrogens (tertiary/aromatic N) is 1. The van der Waals surface area contributed by atoms with Gasteiger partial charge in [-0.15, -0.1) is 0 Å². The lowest BCUT2D eigenvalue weighted by atomic mass is 9.94. The van der Waals surface area contributed by atoms with E-state index in [4.69, 9.17) is 0 Å². The van der Waals surface area contributed by atoms with Crippen LogP contribution in [0.2, 0.25) is 0 Å². The molecular formula is C26H25F3N2O2. The number of likely N-dealkylation sites (tertiary alicyclic amines) is 1. The standard InChI is InChI=1S/C26H25F3N2O2/c27-26(28,29)21-10-8-18(9-11-21)12-15-30-24(32)20-13-16-31(17-14-20)25(33)23-7-3-5-19-4-1-2-6-22(19)23/h1-11,20H,12-17H2,(H,30,32). The fraction of sp³-hybridized carbons (Fsp3) is 0.308. The lowest BCUT2D eigenvalue weighted by Gasteiger charge is -2.31. The van der Waals surface area contributed by atoms with Crippen LogP contribution in [-0.4, -0.2) is 36.3 Å².